The van der Waals surface area contributed by atoms with Crippen molar-refractivity contribution in [1.82, 2.24) is 4.90 Å². The maximum absolute atomic E-state index is 11.2. The lowest BCUT2D eigenvalue weighted by atomic mass is 10.3. The first-order valence-electron chi connectivity index (χ1n) is 4.35. The van der Waals surface area contributed by atoms with Crippen LogP contribution in [0.25, 0.3) is 0 Å². The van der Waals surface area contributed by atoms with E-state index in [9.17, 15) is 4.79 Å². The molecule has 4 heteroatoms. The van der Waals surface area contributed by atoms with Gasteiger partial charge < -0.3 is 15.4 Å². The summed E-state index contributed by atoms with van der Waals surface area (Å²) in [4.78, 5) is 12.9. The summed E-state index contributed by atoms with van der Waals surface area (Å²) in [6.45, 7) is 4.63. The zero-order valence-electron chi connectivity index (χ0n) is 7.45. The number of nitrogens with two attached hydrogens (primary N) is 1. The molecule has 1 aliphatic rings. The quantitative estimate of drug-likeness (QED) is 0.586. The van der Waals surface area contributed by atoms with Gasteiger partial charge in [-0.2, -0.15) is 0 Å². The van der Waals surface area contributed by atoms with Crippen LogP contribution in [0.5, 0.6) is 0 Å². The van der Waals surface area contributed by atoms with Gasteiger partial charge in [-0.1, -0.05) is 0 Å². The molecule has 4 nitrogen and oxygen atoms in total. The van der Waals surface area contributed by atoms with Gasteiger partial charge in [0.25, 0.3) is 0 Å². The van der Waals surface area contributed by atoms with Crippen LogP contribution < -0.4 is 5.73 Å². The number of hydrogen-bond donors (Lipinski definition) is 1. The van der Waals surface area contributed by atoms with Gasteiger partial charge in [-0.3, -0.25) is 4.79 Å². The maximum atomic E-state index is 11.2. The van der Waals surface area contributed by atoms with Crippen molar-refractivity contribution in [3.63, 3.8) is 0 Å². The maximum Gasteiger partial charge on any atom is 0.224 e. The molecule has 1 atom stereocenters. The number of hydrogen-bond acceptors (Lipinski definition) is 3. The fourth-order valence-electron chi connectivity index (χ4n) is 1.34. The van der Waals surface area contributed by atoms with Gasteiger partial charge in [-0.15, -0.1) is 0 Å². The normalized spacial score (nSPS) is 23.7. The van der Waals surface area contributed by atoms with Crippen LogP contribution in [0, 0.1) is 0 Å². The van der Waals surface area contributed by atoms with Gasteiger partial charge in [0, 0.05) is 32.2 Å². The van der Waals surface area contributed by atoms with E-state index in [0.717, 1.165) is 0 Å². The Balaban J connectivity index is 2.19. The lowest BCUT2D eigenvalue weighted by molar-refractivity contribution is -0.128. The van der Waals surface area contributed by atoms with Crippen molar-refractivity contribution in [3.05, 3.63) is 0 Å². The monoisotopic (exact) mass is 172 g/mol. The summed E-state index contributed by atoms with van der Waals surface area (Å²) < 4.78 is 5.14. The van der Waals surface area contributed by atoms with Crippen LogP contribution in [0.4, 0.5) is 0 Å². The van der Waals surface area contributed by atoms with E-state index in [4.69, 9.17) is 10.5 Å². The number of carbonyl (C=O) groups is 1. The van der Waals surface area contributed by atoms with E-state index in [1.54, 1.807) is 4.90 Å². The summed E-state index contributed by atoms with van der Waals surface area (Å²) in [6.07, 6.45) is 0.492. The second-order valence-corrected chi connectivity index (χ2v) is 3.00. The molecule has 1 saturated heterocycles. The van der Waals surface area contributed by atoms with Crippen LogP contribution in [-0.4, -0.2) is 43.2 Å². The smallest absolute Gasteiger partial charge is 0.224 e. The third-order valence-corrected chi connectivity index (χ3v) is 1.95. The molecule has 0 aromatic carbocycles. The summed E-state index contributed by atoms with van der Waals surface area (Å²) in [5, 5.41) is 0. The summed E-state index contributed by atoms with van der Waals surface area (Å²) in [5.74, 6) is 0.155. The van der Waals surface area contributed by atoms with Crippen LogP contribution in [0.3, 0.4) is 0 Å². The van der Waals surface area contributed by atoms with Gasteiger partial charge in [0.2, 0.25) is 5.91 Å². The SMILES string of the molecule is CCOCCN1CC(N)CC1=O. The van der Waals surface area contributed by atoms with E-state index in [2.05, 4.69) is 0 Å². The van der Waals surface area contributed by atoms with Crippen molar-refractivity contribution >= 4 is 5.91 Å². The van der Waals surface area contributed by atoms with Crippen molar-refractivity contribution in [2.45, 2.75) is 19.4 Å². The molecule has 70 valence electrons. The van der Waals surface area contributed by atoms with Gasteiger partial charge in [0.1, 0.15) is 0 Å². The first kappa shape index (κ1) is 9.48. The number of carbonyl (C=O) groups excluding carboxylic acids is 1. The Kier molecular flexibility index (Phi) is 3.49. The minimum atomic E-state index is 0.0270. The number of rotatable bonds is 4. The van der Waals surface area contributed by atoms with Gasteiger partial charge >= 0.3 is 0 Å². The Labute approximate surface area is 72.7 Å². The zero-order chi connectivity index (χ0) is 8.97. The molecule has 0 aromatic rings. The van der Waals surface area contributed by atoms with Gasteiger partial charge in [-0.25, -0.2) is 0 Å². The van der Waals surface area contributed by atoms with Crippen LogP contribution in [-0.2, 0) is 9.53 Å². The second kappa shape index (κ2) is 4.42. The molecule has 0 radical (unpaired) electrons. The van der Waals surface area contributed by atoms with Crippen molar-refractivity contribution < 1.29 is 9.53 Å². The predicted octanol–water partition coefficient (Wildman–Crippen LogP) is -0.417. The Morgan fingerprint density at radius 2 is 2.50 bits per heavy atom. The Morgan fingerprint density at radius 3 is 3.00 bits per heavy atom. The highest BCUT2D eigenvalue weighted by Gasteiger charge is 2.25. The summed E-state index contributed by atoms with van der Waals surface area (Å²) in [7, 11) is 0. The van der Waals surface area contributed by atoms with E-state index < -0.39 is 0 Å². The van der Waals surface area contributed by atoms with Crippen LogP contribution in [0.2, 0.25) is 0 Å². The molecule has 1 rings (SSSR count). The lowest BCUT2D eigenvalue weighted by Gasteiger charge is -2.15. The third-order valence-electron chi connectivity index (χ3n) is 1.95. The Hall–Kier alpha value is -0.610. The zero-order valence-corrected chi connectivity index (χ0v) is 7.45. The topological polar surface area (TPSA) is 55.6 Å². The van der Waals surface area contributed by atoms with E-state index >= 15 is 0 Å². The largest absolute Gasteiger partial charge is 0.380 e. The summed E-state index contributed by atoms with van der Waals surface area (Å²) in [6, 6.07) is 0.0270. The van der Waals surface area contributed by atoms with Gasteiger partial charge in [0.15, 0.2) is 0 Å². The average molecular weight is 172 g/mol. The lowest BCUT2D eigenvalue weighted by Crippen LogP contribution is -2.31. The molecule has 1 fully saturated rings. The second-order valence-electron chi connectivity index (χ2n) is 3.00. The van der Waals surface area contributed by atoms with Crippen molar-refractivity contribution in [2.75, 3.05) is 26.3 Å². The van der Waals surface area contributed by atoms with E-state index in [1.807, 2.05) is 6.92 Å². The molecule has 0 aliphatic carbocycles. The highest BCUT2D eigenvalue weighted by atomic mass is 16.5. The predicted molar refractivity (Wildman–Crippen MR) is 45.7 cm³/mol. The highest BCUT2D eigenvalue weighted by molar-refractivity contribution is 5.79. The van der Waals surface area contributed by atoms with E-state index in [-0.39, 0.29) is 11.9 Å². The Morgan fingerprint density at radius 1 is 1.75 bits per heavy atom. The van der Waals surface area contributed by atoms with Crippen LogP contribution in [0.15, 0.2) is 0 Å². The van der Waals surface area contributed by atoms with Crippen molar-refractivity contribution in [3.8, 4) is 0 Å². The molecule has 1 aliphatic heterocycles. The average Bonchev–Trinajstić information content (AvgIpc) is 2.31. The number of nitrogens with zero attached hydrogens (tertiary/aromatic N) is 1. The van der Waals surface area contributed by atoms with E-state index in [1.165, 1.54) is 0 Å². The molecule has 0 aromatic heterocycles. The van der Waals surface area contributed by atoms with E-state index in [0.29, 0.717) is 32.7 Å². The molecule has 0 spiro atoms. The molecule has 1 heterocycles. The van der Waals surface area contributed by atoms with Crippen LogP contribution in [0.1, 0.15) is 13.3 Å². The number of likely N-dealkylation sites (tertiary alicyclic amines) is 1. The number of ether oxygens (including phenoxy) is 1. The molecule has 1 unspecified atom stereocenters. The molecular weight excluding hydrogens is 156 g/mol. The van der Waals surface area contributed by atoms with Crippen LogP contribution >= 0.6 is 0 Å². The molecular formula is C8H16N2O2. The third kappa shape index (κ3) is 2.46. The highest BCUT2D eigenvalue weighted by Crippen LogP contribution is 2.07. The van der Waals surface area contributed by atoms with Crippen molar-refractivity contribution in [1.29, 1.82) is 0 Å². The first-order valence-corrected chi connectivity index (χ1v) is 4.35. The molecule has 0 saturated carbocycles. The fourth-order valence-corrected chi connectivity index (χ4v) is 1.34. The number of amides is 1. The molecule has 12 heavy (non-hydrogen) atoms. The van der Waals surface area contributed by atoms with Gasteiger partial charge in [-0.05, 0) is 6.92 Å². The minimum absolute atomic E-state index is 0.0270. The van der Waals surface area contributed by atoms with Crippen molar-refractivity contribution in [2.24, 2.45) is 5.73 Å². The van der Waals surface area contributed by atoms with Gasteiger partial charge in [0.05, 0.1) is 6.61 Å². The molecule has 0 bridgehead atoms. The molecule has 1 amide bonds. The first-order chi connectivity index (χ1) is 5.74. The summed E-state index contributed by atoms with van der Waals surface area (Å²) in [5.41, 5.74) is 5.62. The molecule has 2 N–H and O–H groups in total. The Bertz CT molecular complexity index is 161. The fraction of sp³-hybridized carbons (Fsp3) is 0.875. The minimum Gasteiger partial charge on any atom is -0.380 e. The summed E-state index contributed by atoms with van der Waals surface area (Å²) >= 11 is 0. The standard InChI is InChI=1S/C8H16N2O2/c1-2-12-4-3-10-6-7(9)5-8(10)11/h7H,2-6,9H2,1H3.